The highest BCUT2D eigenvalue weighted by Gasteiger charge is 2.23. The molecule has 0 radical (unpaired) electrons. The van der Waals surface area contributed by atoms with Crippen molar-refractivity contribution in [1.29, 1.82) is 0 Å². The van der Waals surface area contributed by atoms with Gasteiger partial charge in [0.05, 0.1) is 5.69 Å². The van der Waals surface area contributed by atoms with Crippen molar-refractivity contribution in [2.24, 2.45) is 5.73 Å². The van der Waals surface area contributed by atoms with Gasteiger partial charge in [-0.2, -0.15) is 0 Å². The second-order valence-corrected chi connectivity index (χ2v) is 5.46. The molecule has 1 heterocycles. The Morgan fingerprint density at radius 3 is 2.61 bits per heavy atom. The van der Waals surface area contributed by atoms with Gasteiger partial charge in [0, 0.05) is 5.69 Å². The molecule has 2 amide bonds. The molecule has 3 N–H and O–H groups in total. The summed E-state index contributed by atoms with van der Waals surface area (Å²) in [5.41, 5.74) is 8.67. The lowest BCUT2D eigenvalue weighted by molar-refractivity contribution is -0.119. The topological polar surface area (TPSA) is 103 Å². The van der Waals surface area contributed by atoms with E-state index < -0.39 is 11.9 Å². The molecule has 7 nitrogen and oxygen atoms in total. The van der Waals surface area contributed by atoms with Gasteiger partial charge in [0.1, 0.15) is 6.04 Å². The molecule has 1 aromatic heterocycles. The largest absolute Gasteiger partial charge is 0.364 e. The van der Waals surface area contributed by atoms with Crippen molar-refractivity contribution >= 4 is 17.5 Å². The van der Waals surface area contributed by atoms with Crippen LogP contribution in [-0.2, 0) is 11.2 Å². The van der Waals surface area contributed by atoms with Gasteiger partial charge >= 0.3 is 0 Å². The van der Waals surface area contributed by atoms with E-state index in [1.165, 1.54) is 4.68 Å². The van der Waals surface area contributed by atoms with Crippen LogP contribution in [0.3, 0.4) is 0 Å². The number of benzene rings is 1. The van der Waals surface area contributed by atoms with Gasteiger partial charge in [0.15, 0.2) is 5.69 Å². The van der Waals surface area contributed by atoms with Crippen molar-refractivity contribution in [1.82, 2.24) is 15.0 Å². The van der Waals surface area contributed by atoms with Crippen LogP contribution in [0.25, 0.3) is 0 Å². The number of carbonyl (C=O) groups excluding carboxylic acids is 2. The van der Waals surface area contributed by atoms with Crippen LogP contribution in [0, 0.1) is 13.8 Å². The van der Waals surface area contributed by atoms with Gasteiger partial charge < -0.3 is 11.1 Å². The summed E-state index contributed by atoms with van der Waals surface area (Å²) in [6.45, 7) is 7.35. The van der Waals surface area contributed by atoms with Crippen molar-refractivity contribution in [3.8, 4) is 0 Å². The molecule has 1 atom stereocenters. The van der Waals surface area contributed by atoms with Crippen LogP contribution in [0.4, 0.5) is 5.69 Å². The molecule has 23 heavy (non-hydrogen) atoms. The lowest BCUT2D eigenvalue weighted by atomic mass is 10.1. The van der Waals surface area contributed by atoms with E-state index in [0.29, 0.717) is 5.69 Å². The lowest BCUT2D eigenvalue weighted by Gasteiger charge is -2.17. The average Bonchev–Trinajstić information content (AvgIpc) is 2.90. The Hall–Kier alpha value is -2.70. The number of nitrogens with zero attached hydrogens (tertiary/aromatic N) is 3. The number of rotatable bonds is 5. The van der Waals surface area contributed by atoms with Crippen molar-refractivity contribution in [3.05, 3.63) is 40.7 Å². The number of hydrogen-bond acceptors (Lipinski definition) is 4. The van der Waals surface area contributed by atoms with Gasteiger partial charge in [0.2, 0.25) is 5.91 Å². The molecule has 1 aromatic carbocycles. The normalized spacial score (nSPS) is 12.0. The van der Waals surface area contributed by atoms with E-state index in [4.69, 9.17) is 5.73 Å². The maximum atomic E-state index is 12.5. The Morgan fingerprint density at radius 1 is 1.35 bits per heavy atom. The standard InChI is InChI=1S/C16H21N5O2/c1-5-12-8-6-7-9(2)13(12)18-16(23)11(4)21-10(3)14(15(17)22)19-20-21/h6-8,11H,5H2,1-4H3,(H2,17,22)(H,18,23). The summed E-state index contributed by atoms with van der Waals surface area (Å²) in [7, 11) is 0. The zero-order valence-corrected chi connectivity index (χ0v) is 13.8. The van der Waals surface area contributed by atoms with Gasteiger partial charge in [-0.3, -0.25) is 9.59 Å². The Labute approximate surface area is 134 Å². The quantitative estimate of drug-likeness (QED) is 0.877. The Bertz CT molecular complexity index is 751. The van der Waals surface area contributed by atoms with Crippen molar-refractivity contribution in [2.75, 3.05) is 5.32 Å². The predicted molar refractivity (Wildman–Crippen MR) is 87.2 cm³/mol. The maximum Gasteiger partial charge on any atom is 0.271 e. The van der Waals surface area contributed by atoms with E-state index in [9.17, 15) is 9.59 Å². The summed E-state index contributed by atoms with van der Waals surface area (Å²) in [5.74, 6) is -0.883. The van der Waals surface area contributed by atoms with Gasteiger partial charge in [0.25, 0.3) is 5.91 Å². The zero-order chi connectivity index (χ0) is 17.1. The average molecular weight is 315 g/mol. The van der Waals surface area contributed by atoms with E-state index >= 15 is 0 Å². The third-order valence-corrected chi connectivity index (χ3v) is 3.90. The number of amides is 2. The van der Waals surface area contributed by atoms with E-state index in [1.54, 1.807) is 13.8 Å². The van der Waals surface area contributed by atoms with Crippen molar-refractivity contribution in [2.45, 2.75) is 40.2 Å². The molecule has 2 rings (SSSR count). The van der Waals surface area contributed by atoms with Crippen LogP contribution in [0.1, 0.15) is 47.2 Å². The van der Waals surface area contributed by atoms with Gasteiger partial charge in [-0.25, -0.2) is 4.68 Å². The molecule has 0 aliphatic rings. The molecule has 0 saturated carbocycles. The Balaban J connectivity index is 2.26. The van der Waals surface area contributed by atoms with E-state index in [0.717, 1.165) is 23.2 Å². The first-order valence-corrected chi connectivity index (χ1v) is 7.47. The number of para-hydroxylation sites is 1. The Kier molecular flexibility index (Phi) is 4.78. The molecule has 2 aromatic rings. The summed E-state index contributed by atoms with van der Waals surface area (Å²) >= 11 is 0. The van der Waals surface area contributed by atoms with Gasteiger partial charge in [-0.15, -0.1) is 5.10 Å². The molecule has 1 unspecified atom stereocenters. The number of carbonyl (C=O) groups is 2. The minimum absolute atomic E-state index is 0.0785. The van der Waals surface area contributed by atoms with Crippen LogP contribution >= 0.6 is 0 Å². The fourth-order valence-corrected chi connectivity index (χ4v) is 2.48. The number of hydrogen-bond donors (Lipinski definition) is 2. The molecular formula is C16H21N5O2. The molecule has 0 aliphatic heterocycles. The highest BCUT2D eigenvalue weighted by Crippen LogP contribution is 2.22. The highest BCUT2D eigenvalue weighted by atomic mass is 16.2. The first kappa shape index (κ1) is 16.7. The predicted octanol–water partition coefficient (Wildman–Crippen LogP) is 1.76. The number of aryl methyl sites for hydroxylation is 2. The minimum atomic E-state index is -0.659. The van der Waals surface area contributed by atoms with Crippen molar-refractivity contribution in [3.63, 3.8) is 0 Å². The van der Waals surface area contributed by atoms with Crippen LogP contribution in [0.5, 0.6) is 0 Å². The van der Waals surface area contributed by atoms with E-state index in [2.05, 4.69) is 15.6 Å². The summed E-state index contributed by atoms with van der Waals surface area (Å²) in [6.07, 6.45) is 0.819. The van der Waals surface area contributed by atoms with Crippen LogP contribution < -0.4 is 11.1 Å². The monoisotopic (exact) mass is 315 g/mol. The number of aromatic nitrogens is 3. The second-order valence-electron chi connectivity index (χ2n) is 5.46. The van der Waals surface area contributed by atoms with Gasteiger partial charge in [-0.1, -0.05) is 30.3 Å². The van der Waals surface area contributed by atoms with Crippen LogP contribution in [-0.4, -0.2) is 26.8 Å². The molecule has 122 valence electrons. The van der Waals surface area contributed by atoms with Crippen molar-refractivity contribution < 1.29 is 9.59 Å². The number of nitrogens with two attached hydrogens (primary N) is 1. The highest BCUT2D eigenvalue weighted by molar-refractivity contribution is 5.95. The first-order chi connectivity index (χ1) is 10.9. The van der Waals surface area contributed by atoms with E-state index in [1.807, 2.05) is 32.0 Å². The molecule has 0 aliphatic carbocycles. The third-order valence-electron chi connectivity index (χ3n) is 3.90. The molecule has 0 fully saturated rings. The molecule has 0 spiro atoms. The first-order valence-electron chi connectivity index (χ1n) is 7.47. The summed E-state index contributed by atoms with van der Waals surface area (Å²) in [6, 6.07) is 5.29. The lowest BCUT2D eigenvalue weighted by Crippen LogP contribution is -2.26. The third kappa shape index (κ3) is 3.23. The number of primary amides is 1. The molecule has 0 saturated heterocycles. The zero-order valence-electron chi connectivity index (χ0n) is 13.8. The fraction of sp³-hybridized carbons (Fsp3) is 0.375. The molecule has 7 heteroatoms. The fourth-order valence-electron chi connectivity index (χ4n) is 2.48. The Morgan fingerprint density at radius 2 is 2.04 bits per heavy atom. The summed E-state index contributed by atoms with van der Waals surface area (Å²) < 4.78 is 1.40. The number of nitrogens with one attached hydrogen (secondary N) is 1. The summed E-state index contributed by atoms with van der Waals surface area (Å²) in [4.78, 5) is 23.8. The molecule has 0 bridgehead atoms. The molecular weight excluding hydrogens is 294 g/mol. The second kappa shape index (κ2) is 6.60. The SMILES string of the molecule is CCc1cccc(C)c1NC(=O)C(C)n1nnc(C(N)=O)c1C. The van der Waals surface area contributed by atoms with Gasteiger partial charge in [-0.05, 0) is 38.3 Å². The minimum Gasteiger partial charge on any atom is -0.364 e. The summed E-state index contributed by atoms with van der Waals surface area (Å²) in [5, 5.41) is 10.6. The number of anilines is 1. The van der Waals surface area contributed by atoms with Crippen LogP contribution in [0.2, 0.25) is 0 Å². The van der Waals surface area contributed by atoms with Crippen LogP contribution in [0.15, 0.2) is 18.2 Å². The maximum absolute atomic E-state index is 12.5. The smallest absolute Gasteiger partial charge is 0.271 e. The van der Waals surface area contributed by atoms with E-state index in [-0.39, 0.29) is 11.6 Å².